The van der Waals surface area contributed by atoms with E-state index in [-0.39, 0.29) is 18.7 Å². The highest BCUT2D eigenvalue weighted by atomic mass is 19.1. The van der Waals surface area contributed by atoms with Gasteiger partial charge in [0.25, 0.3) is 0 Å². The van der Waals surface area contributed by atoms with Crippen LogP contribution in [0.25, 0.3) is 0 Å². The number of hydrogen-bond acceptors (Lipinski definition) is 3. The fraction of sp³-hybridized carbons (Fsp3) is 0.333. The summed E-state index contributed by atoms with van der Waals surface area (Å²) in [5.74, 6) is -2.14. The zero-order valence-corrected chi connectivity index (χ0v) is 10.1. The van der Waals surface area contributed by atoms with Crippen molar-refractivity contribution in [2.24, 2.45) is 0 Å². The largest absolute Gasteiger partial charge is 0.386 e. The summed E-state index contributed by atoms with van der Waals surface area (Å²) >= 11 is 0. The van der Waals surface area contributed by atoms with Gasteiger partial charge in [-0.3, -0.25) is 9.69 Å². The molecule has 1 fully saturated rings. The summed E-state index contributed by atoms with van der Waals surface area (Å²) in [4.78, 5) is 25.1. The molecule has 0 spiro atoms. The van der Waals surface area contributed by atoms with Crippen molar-refractivity contribution in [3.8, 4) is 0 Å². The molecular formula is C12H12F2N2O3. The summed E-state index contributed by atoms with van der Waals surface area (Å²) in [5, 5.41) is 9.85. The molecular weight excluding hydrogens is 258 g/mol. The Hall–Kier alpha value is -2.02. The molecule has 1 heterocycles. The molecule has 5 nitrogen and oxygen atoms in total. The van der Waals surface area contributed by atoms with Crippen LogP contribution in [0.1, 0.15) is 11.7 Å². The minimum Gasteiger partial charge on any atom is -0.386 e. The van der Waals surface area contributed by atoms with Crippen LogP contribution in [-0.2, 0) is 4.79 Å². The number of benzene rings is 1. The normalized spacial score (nSPS) is 17.3. The van der Waals surface area contributed by atoms with Gasteiger partial charge < -0.3 is 10.0 Å². The van der Waals surface area contributed by atoms with Gasteiger partial charge in [-0.2, -0.15) is 0 Å². The van der Waals surface area contributed by atoms with Crippen LogP contribution in [-0.4, -0.2) is 47.0 Å². The number of halogens is 2. The van der Waals surface area contributed by atoms with Crippen LogP contribution in [0.3, 0.4) is 0 Å². The molecule has 1 saturated heterocycles. The lowest BCUT2D eigenvalue weighted by atomic mass is 10.1. The van der Waals surface area contributed by atoms with Crippen LogP contribution in [0.4, 0.5) is 13.6 Å². The molecule has 1 aromatic carbocycles. The minimum atomic E-state index is -1.39. The van der Waals surface area contributed by atoms with Crippen LogP contribution in [0.2, 0.25) is 0 Å². The number of β-amino-alcohol motifs (C(OH)–C–C–N with tert-alkyl or cyclic N) is 1. The Kier molecular flexibility index (Phi) is 3.48. The molecule has 7 heteroatoms. The van der Waals surface area contributed by atoms with E-state index in [1.165, 1.54) is 11.9 Å². The standard InChI is InChI=1S/C12H12F2N2O3/c1-15-6-11(18)16(12(15)19)5-10(17)8-3-2-7(13)4-9(8)14/h2-4,10,17H,5-6H2,1H3/t10-/m1/s1. The molecule has 0 aromatic heterocycles. The van der Waals surface area contributed by atoms with E-state index in [0.717, 1.165) is 17.0 Å². The maximum Gasteiger partial charge on any atom is 0.327 e. The lowest BCUT2D eigenvalue weighted by Gasteiger charge is -2.19. The summed E-state index contributed by atoms with van der Waals surface area (Å²) < 4.78 is 26.2. The highest BCUT2D eigenvalue weighted by Gasteiger charge is 2.35. The maximum absolute atomic E-state index is 13.4. The van der Waals surface area contributed by atoms with Gasteiger partial charge in [0.1, 0.15) is 18.2 Å². The van der Waals surface area contributed by atoms with Gasteiger partial charge in [-0.05, 0) is 6.07 Å². The van der Waals surface area contributed by atoms with Gasteiger partial charge >= 0.3 is 6.03 Å². The first kappa shape index (κ1) is 13.4. The number of carbonyl (C=O) groups excluding carboxylic acids is 2. The van der Waals surface area contributed by atoms with Gasteiger partial charge in [0.05, 0.1) is 12.6 Å². The Labute approximate surface area is 108 Å². The van der Waals surface area contributed by atoms with E-state index < -0.39 is 29.7 Å². The molecule has 0 radical (unpaired) electrons. The molecule has 0 aliphatic carbocycles. The summed E-state index contributed by atoms with van der Waals surface area (Å²) in [6.45, 7) is -0.429. The van der Waals surface area contributed by atoms with E-state index in [0.29, 0.717) is 6.07 Å². The number of aliphatic hydroxyl groups excluding tert-OH is 1. The number of likely N-dealkylation sites (N-methyl/N-ethyl adjacent to an activating group) is 1. The maximum atomic E-state index is 13.4. The zero-order chi connectivity index (χ0) is 14.2. The molecule has 1 aliphatic heterocycles. The number of carbonyl (C=O) groups is 2. The average Bonchev–Trinajstić information content (AvgIpc) is 2.56. The number of rotatable bonds is 3. The molecule has 0 unspecified atom stereocenters. The quantitative estimate of drug-likeness (QED) is 0.830. The Morgan fingerprint density at radius 1 is 1.37 bits per heavy atom. The van der Waals surface area contributed by atoms with E-state index in [1.54, 1.807) is 0 Å². The molecule has 0 saturated carbocycles. The summed E-state index contributed by atoms with van der Waals surface area (Å²) in [5.41, 5.74) is -0.156. The van der Waals surface area contributed by atoms with Gasteiger partial charge in [0.2, 0.25) is 5.91 Å². The van der Waals surface area contributed by atoms with Gasteiger partial charge in [0.15, 0.2) is 0 Å². The topological polar surface area (TPSA) is 60.9 Å². The van der Waals surface area contributed by atoms with Crippen molar-refractivity contribution in [3.63, 3.8) is 0 Å². The third kappa shape index (κ3) is 2.55. The van der Waals surface area contributed by atoms with Crippen molar-refractivity contribution >= 4 is 11.9 Å². The van der Waals surface area contributed by atoms with E-state index in [1.807, 2.05) is 0 Å². The second-order valence-corrected chi connectivity index (χ2v) is 4.32. The molecule has 0 bridgehead atoms. The molecule has 1 aliphatic rings. The summed E-state index contributed by atoms with van der Waals surface area (Å²) in [7, 11) is 1.45. The third-order valence-electron chi connectivity index (χ3n) is 2.91. The van der Waals surface area contributed by atoms with Crippen LogP contribution >= 0.6 is 0 Å². The number of imide groups is 1. The lowest BCUT2D eigenvalue weighted by molar-refractivity contribution is -0.126. The number of amides is 3. The molecule has 102 valence electrons. The monoisotopic (exact) mass is 270 g/mol. The average molecular weight is 270 g/mol. The first-order chi connectivity index (χ1) is 8.90. The van der Waals surface area contributed by atoms with Gasteiger partial charge in [-0.15, -0.1) is 0 Å². The fourth-order valence-corrected chi connectivity index (χ4v) is 1.89. The lowest BCUT2D eigenvalue weighted by Crippen LogP contribution is -2.35. The van der Waals surface area contributed by atoms with Crippen LogP contribution in [0.15, 0.2) is 18.2 Å². The highest BCUT2D eigenvalue weighted by molar-refractivity contribution is 6.01. The molecule has 19 heavy (non-hydrogen) atoms. The molecule has 2 rings (SSSR count). The molecule has 1 aromatic rings. The second-order valence-electron chi connectivity index (χ2n) is 4.32. The first-order valence-corrected chi connectivity index (χ1v) is 5.58. The predicted molar refractivity (Wildman–Crippen MR) is 61.1 cm³/mol. The van der Waals surface area contributed by atoms with E-state index >= 15 is 0 Å². The number of urea groups is 1. The molecule has 3 amide bonds. The number of aliphatic hydroxyl groups is 1. The second kappa shape index (κ2) is 4.93. The zero-order valence-electron chi connectivity index (χ0n) is 10.1. The summed E-state index contributed by atoms with van der Waals surface area (Å²) in [6, 6.07) is 2.18. The van der Waals surface area contributed by atoms with Crippen molar-refractivity contribution in [3.05, 3.63) is 35.4 Å². The van der Waals surface area contributed by atoms with Crippen LogP contribution in [0, 0.1) is 11.6 Å². The minimum absolute atomic E-state index is 0.0720. The number of nitrogens with zero attached hydrogens (tertiary/aromatic N) is 2. The summed E-state index contributed by atoms with van der Waals surface area (Å²) in [6.07, 6.45) is -1.39. The third-order valence-corrected chi connectivity index (χ3v) is 2.91. The van der Waals surface area contributed by atoms with Gasteiger partial charge in [-0.1, -0.05) is 6.07 Å². The van der Waals surface area contributed by atoms with E-state index in [2.05, 4.69) is 0 Å². The van der Waals surface area contributed by atoms with Crippen LogP contribution < -0.4 is 0 Å². The molecule has 1 N–H and O–H groups in total. The predicted octanol–water partition coefficient (Wildman–Crippen LogP) is 0.892. The van der Waals surface area contributed by atoms with Crippen molar-refractivity contribution in [2.45, 2.75) is 6.10 Å². The SMILES string of the molecule is CN1CC(=O)N(C[C@@H](O)c2ccc(F)cc2F)C1=O. The Bertz CT molecular complexity index is 536. The smallest absolute Gasteiger partial charge is 0.327 e. The number of hydrogen-bond donors (Lipinski definition) is 1. The fourth-order valence-electron chi connectivity index (χ4n) is 1.89. The van der Waals surface area contributed by atoms with Crippen molar-refractivity contribution in [2.75, 3.05) is 20.1 Å². The highest BCUT2D eigenvalue weighted by Crippen LogP contribution is 2.21. The first-order valence-electron chi connectivity index (χ1n) is 5.58. The van der Waals surface area contributed by atoms with Gasteiger partial charge in [0, 0.05) is 18.7 Å². The Balaban J connectivity index is 2.15. The van der Waals surface area contributed by atoms with E-state index in [4.69, 9.17) is 0 Å². The van der Waals surface area contributed by atoms with Crippen LogP contribution in [0.5, 0.6) is 0 Å². The van der Waals surface area contributed by atoms with Crippen molar-refractivity contribution in [1.29, 1.82) is 0 Å². The molecule has 1 atom stereocenters. The van der Waals surface area contributed by atoms with E-state index in [9.17, 15) is 23.5 Å². The van der Waals surface area contributed by atoms with Crippen molar-refractivity contribution < 1.29 is 23.5 Å². The Morgan fingerprint density at radius 2 is 2.05 bits per heavy atom. The van der Waals surface area contributed by atoms with Crippen molar-refractivity contribution in [1.82, 2.24) is 9.80 Å². The Morgan fingerprint density at radius 3 is 2.58 bits per heavy atom. The van der Waals surface area contributed by atoms with Gasteiger partial charge in [-0.25, -0.2) is 13.6 Å².